The number of nitrogens with one attached hydrogen (secondary N) is 1. The summed E-state index contributed by atoms with van der Waals surface area (Å²) in [4.78, 5) is 11.9. The van der Waals surface area contributed by atoms with Gasteiger partial charge in [-0.1, -0.05) is 0 Å². The lowest BCUT2D eigenvalue weighted by molar-refractivity contribution is 0.0989. The molecule has 92 valence electrons. The van der Waals surface area contributed by atoms with Gasteiger partial charge in [0.05, 0.1) is 19.2 Å². The van der Waals surface area contributed by atoms with Crippen molar-refractivity contribution in [3.05, 3.63) is 17.7 Å². The summed E-state index contributed by atoms with van der Waals surface area (Å²) >= 11 is 0. The maximum Gasteiger partial charge on any atom is 0.180 e. The Kier molecular flexibility index (Phi) is 3.49. The van der Waals surface area contributed by atoms with Crippen molar-refractivity contribution in [3.63, 3.8) is 0 Å². The Balaban J connectivity index is 2.39. The molecule has 0 radical (unpaired) electrons. The number of benzene rings is 1. The summed E-state index contributed by atoms with van der Waals surface area (Å²) in [7, 11) is 3.25. The molecule has 17 heavy (non-hydrogen) atoms. The maximum atomic E-state index is 11.9. The Labute approximate surface area is 99.7 Å². The molecule has 0 aliphatic carbocycles. The summed E-state index contributed by atoms with van der Waals surface area (Å²) in [6, 6.07) is 3.37. The van der Waals surface area contributed by atoms with Gasteiger partial charge in [-0.2, -0.15) is 0 Å². The summed E-state index contributed by atoms with van der Waals surface area (Å²) in [5, 5.41) is 2.82. The van der Waals surface area contributed by atoms with E-state index >= 15 is 0 Å². The van der Waals surface area contributed by atoms with E-state index < -0.39 is 0 Å². The van der Waals surface area contributed by atoms with E-state index in [2.05, 4.69) is 5.32 Å². The molecular weight excluding hydrogens is 222 g/mol. The van der Waals surface area contributed by atoms with Gasteiger partial charge in [0.1, 0.15) is 19.0 Å². The minimum atomic E-state index is -0.0404. The van der Waals surface area contributed by atoms with Gasteiger partial charge in [-0.15, -0.1) is 0 Å². The Morgan fingerprint density at radius 3 is 2.59 bits per heavy atom. The summed E-state index contributed by atoms with van der Waals surface area (Å²) in [6.07, 6.45) is 0. The first-order valence-corrected chi connectivity index (χ1v) is 5.41. The normalized spacial score (nSPS) is 13.3. The highest BCUT2D eigenvalue weighted by atomic mass is 16.6. The third-order valence-electron chi connectivity index (χ3n) is 2.50. The summed E-state index contributed by atoms with van der Waals surface area (Å²) in [6.45, 7) is 1.27. The molecule has 5 heteroatoms. The number of ketones is 1. The molecule has 1 aliphatic heterocycles. The van der Waals surface area contributed by atoms with Crippen LogP contribution in [-0.2, 0) is 0 Å². The fraction of sp³-hybridized carbons (Fsp3) is 0.417. The third-order valence-corrected chi connectivity index (χ3v) is 2.50. The summed E-state index contributed by atoms with van der Waals surface area (Å²) < 4.78 is 16.1. The molecule has 1 N–H and O–H groups in total. The highest BCUT2D eigenvalue weighted by molar-refractivity contribution is 6.00. The topological polar surface area (TPSA) is 56.8 Å². The lowest BCUT2D eigenvalue weighted by atomic mass is 10.1. The molecule has 1 aromatic rings. The molecule has 1 aliphatic rings. The molecule has 0 aromatic heterocycles. The molecule has 1 heterocycles. The van der Waals surface area contributed by atoms with Crippen molar-refractivity contribution in [3.8, 4) is 17.2 Å². The Bertz CT molecular complexity index is 431. The quantitative estimate of drug-likeness (QED) is 0.787. The van der Waals surface area contributed by atoms with Crippen LogP contribution >= 0.6 is 0 Å². The predicted molar refractivity (Wildman–Crippen MR) is 62.2 cm³/mol. The number of methoxy groups -OCH3 is 1. The van der Waals surface area contributed by atoms with Crippen LogP contribution in [0.15, 0.2) is 12.1 Å². The monoisotopic (exact) mass is 237 g/mol. The molecule has 5 nitrogen and oxygen atoms in total. The predicted octanol–water partition coefficient (Wildman–Crippen LogP) is 0.869. The number of rotatable bonds is 4. The van der Waals surface area contributed by atoms with Crippen molar-refractivity contribution in [2.24, 2.45) is 0 Å². The van der Waals surface area contributed by atoms with Crippen molar-refractivity contribution < 1.29 is 19.0 Å². The molecule has 2 rings (SSSR count). The largest absolute Gasteiger partial charge is 0.496 e. The van der Waals surface area contributed by atoms with Crippen molar-refractivity contribution >= 4 is 5.78 Å². The summed E-state index contributed by atoms with van der Waals surface area (Å²) in [5.41, 5.74) is 0.506. The minimum Gasteiger partial charge on any atom is -0.496 e. The second-order valence-electron chi connectivity index (χ2n) is 3.65. The van der Waals surface area contributed by atoms with Crippen LogP contribution in [-0.4, -0.2) is 39.7 Å². The number of Topliss-reactive ketones (excluding diaryl/α,β-unsaturated/α-hetero) is 1. The Morgan fingerprint density at radius 1 is 1.35 bits per heavy atom. The number of fused-ring (bicyclic) bond motifs is 1. The fourth-order valence-corrected chi connectivity index (χ4v) is 1.71. The number of hydrogen-bond donors (Lipinski definition) is 1. The standard InChI is InChI=1S/C12H15NO4/c1-13-7-9(14)8-5-11-12(6-10(8)15-2)17-4-3-16-11/h5-6,13H,3-4,7H2,1-2H3. The average Bonchev–Trinajstić information content (AvgIpc) is 2.37. The van der Waals surface area contributed by atoms with Gasteiger partial charge in [-0.25, -0.2) is 0 Å². The first-order chi connectivity index (χ1) is 8.26. The molecule has 0 atom stereocenters. The SMILES string of the molecule is CNCC(=O)c1cc2c(cc1OC)OCCO2. The van der Waals surface area contributed by atoms with E-state index in [1.807, 2.05) is 0 Å². The smallest absolute Gasteiger partial charge is 0.180 e. The van der Waals surface area contributed by atoms with Crippen LogP contribution in [0.1, 0.15) is 10.4 Å². The van der Waals surface area contributed by atoms with E-state index in [4.69, 9.17) is 14.2 Å². The van der Waals surface area contributed by atoms with E-state index in [0.29, 0.717) is 36.0 Å². The molecule has 1 aromatic carbocycles. The highest BCUT2D eigenvalue weighted by Crippen LogP contribution is 2.36. The van der Waals surface area contributed by atoms with Gasteiger partial charge in [0, 0.05) is 6.07 Å². The molecule has 0 saturated carbocycles. The van der Waals surface area contributed by atoms with Gasteiger partial charge in [0.2, 0.25) is 0 Å². The zero-order valence-electron chi connectivity index (χ0n) is 9.91. The maximum absolute atomic E-state index is 11.9. The third kappa shape index (κ3) is 2.34. The average molecular weight is 237 g/mol. The van der Waals surface area contributed by atoms with Gasteiger partial charge in [0.25, 0.3) is 0 Å². The zero-order chi connectivity index (χ0) is 12.3. The number of hydrogen-bond acceptors (Lipinski definition) is 5. The zero-order valence-corrected chi connectivity index (χ0v) is 9.91. The second kappa shape index (κ2) is 5.05. The van der Waals surface area contributed by atoms with E-state index in [-0.39, 0.29) is 12.3 Å². The van der Waals surface area contributed by atoms with E-state index in [9.17, 15) is 4.79 Å². The van der Waals surface area contributed by atoms with E-state index in [1.54, 1.807) is 19.2 Å². The second-order valence-corrected chi connectivity index (χ2v) is 3.65. The molecule has 0 fully saturated rings. The van der Waals surface area contributed by atoms with Crippen molar-refractivity contribution in [2.45, 2.75) is 0 Å². The van der Waals surface area contributed by atoms with Crippen LogP contribution in [0.25, 0.3) is 0 Å². The molecule has 0 spiro atoms. The molecule has 0 bridgehead atoms. The van der Waals surface area contributed by atoms with Crippen LogP contribution in [0.5, 0.6) is 17.2 Å². The Hall–Kier alpha value is -1.75. The van der Waals surface area contributed by atoms with Crippen LogP contribution < -0.4 is 19.5 Å². The molecular formula is C12H15NO4. The minimum absolute atomic E-state index is 0.0404. The number of likely N-dealkylation sites (N-methyl/N-ethyl adjacent to an activating group) is 1. The van der Waals surface area contributed by atoms with Crippen molar-refractivity contribution in [1.29, 1.82) is 0 Å². The molecule has 0 unspecified atom stereocenters. The van der Waals surface area contributed by atoms with Crippen LogP contribution in [0, 0.1) is 0 Å². The molecule has 0 amide bonds. The summed E-state index contributed by atoms with van der Waals surface area (Å²) in [5.74, 6) is 1.68. The van der Waals surface area contributed by atoms with Gasteiger partial charge in [0.15, 0.2) is 17.3 Å². The number of ether oxygens (including phenoxy) is 3. The van der Waals surface area contributed by atoms with E-state index in [1.165, 1.54) is 7.11 Å². The van der Waals surface area contributed by atoms with Crippen molar-refractivity contribution in [2.75, 3.05) is 33.9 Å². The number of carbonyl (C=O) groups excluding carboxylic acids is 1. The van der Waals surface area contributed by atoms with Gasteiger partial charge >= 0.3 is 0 Å². The highest BCUT2D eigenvalue weighted by Gasteiger charge is 2.19. The van der Waals surface area contributed by atoms with Crippen LogP contribution in [0.3, 0.4) is 0 Å². The van der Waals surface area contributed by atoms with Gasteiger partial charge in [-0.3, -0.25) is 4.79 Å². The molecule has 0 saturated heterocycles. The van der Waals surface area contributed by atoms with Crippen LogP contribution in [0.4, 0.5) is 0 Å². The number of carbonyl (C=O) groups is 1. The first-order valence-electron chi connectivity index (χ1n) is 5.41. The lowest BCUT2D eigenvalue weighted by Crippen LogP contribution is -2.20. The van der Waals surface area contributed by atoms with Crippen molar-refractivity contribution in [1.82, 2.24) is 5.32 Å². The van der Waals surface area contributed by atoms with Gasteiger partial charge in [-0.05, 0) is 13.1 Å². The Morgan fingerprint density at radius 2 is 2.00 bits per heavy atom. The fourth-order valence-electron chi connectivity index (χ4n) is 1.71. The van der Waals surface area contributed by atoms with Crippen LogP contribution in [0.2, 0.25) is 0 Å². The van der Waals surface area contributed by atoms with Gasteiger partial charge < -0.3 is 19.5 Å². The van der Waals surface area contributed by atoms with E-state index in [0.717, 1.165) is 0 Å². The lowest BCUT2D eigenvalue weighted by Gasteiger charge is -2.20. The first kappa shape index (κ1) is 11.7.